The number of halogens is 1. The normalized spacial score (nSPS) is 25.7. The molecule has 2 heterocycles. The van der Waals surface area contributed by atoms with Crippen molar-refractivity contribution >= 4 is 16.9 Å². The number of hydrogen-bond donors (Lipinski definition) is 1. The van der Waals surface area contributed by atoms with E-state index in [-0.39, 0.29) is 11.1 Å². The van der Waals surface area contributed by atoms with Gasteiger partial charge in [0.25, 0.3) is 0 Å². The first-order valence-corrected chi connectivity index (χ1v) is 9.07. The molecule has 0 aliphatic carbocycles. The SMILES string of the molecule is O[C@]1(c2ccccc2F)[C@H](CCc2ccccc2)SC2=NCCN21. The van der Waals surface area contributed by atoms with Gasteiger partial charge in [0, 0.05) is 12.1 Å². The minimum atomic E-state index is -1.33. The molecule has 0 radical (unpaired) electrons. The van der Waals surface area contributed by atoms with Crippen molar-refractivity contribution in [2.24, 2.45) is 4.99 Å². The summed E-state index contributed by atoms with van der Waals surface area (Å²) in [5, 5.41) is 12.2. The highest BCUT2D eigenvalue weighted by Crippen LogP contribution is 2.48. The molecule has 0 bridgehead atoms. The summed E-state index contributed by atoms with van der Waals surface area (Å²) < 4.78 is 14.4. The zero-order chi connectivity index (χ0) is 16.6. The van der Waals surface area contributed by atoms with Crippen LogP contribution in [-0.2, 0) is 12.1 Å². The summed E-state index contributed by atoms with van der Waals surface area (Å²) in [6, 6.07) is 16.7. The molecule has 2 atom stereocenters. The van der Waals surface area contributed by atoms with Gasteiger partial charge < -0.3 is 10.0 Å². The van der Waals surface area contributed by atoms with Crippen LogP contribution in [0.4, 0.5) is 4.39 Å². The Morgan fingerprint density at radius 2 is 1.92 bits per heavy atom. The second kappa shape index (κ2) is 6.22. The number of amidine groups is 1. The average Bonchev–Trinajstić information content (AvgIpc) is 3.17. The topological polar surface area (TPSA) is 35.8 Å². The maximum Gasteiger partial charge on any atom is 0.181 e. The number of aliphatic imine (C=N–C) groups is 1. The minimum Gasteiger partial charge on any atom is -0.366 e. The fraction of sp³-hybridized carbons (Fsp3) is 0.316. The zero-order valence-corrected chi connectivity index (χ0v) is 14.0. The predicted molar refractivity (Wildman–Crippen MR) is 95.4 cm³/mol. The Morgan fingerprint density at radius 3 is 2.71 bits per heavy atom. The van der Waals surface area contributed by atoms with E-state index >= 15 is 0 Å². The first-order valence-electron chi connectivity index (χ1n) is 8.19. The van der Waals surface area contributed by atoms with Crippen LogP contribution in [0.1, 0.15) is 17.5 Å². The standard InChI is InChI=1S/C19H19FN2OS/c20-16-9-5-4-8-15(16)19(23)17(24-18-21-12-13-22(18)19)11-10-14-6-2-1-3-7-14/h1-9,17,23H,10-13H2/t17-,19+/m0/s1. The van der Waals surface area contributed by atoms with Crippen molar-refractivity contribution in [1.82, 2.24) is 4.90 Å². The van der Waals surface area contributed by atoms with Gasteiger partial charge in [-0.25, -0.2) is 4.39 Å². The molecule has 0 spiro atoms. The van der Waals surface area contributed by atoms with Gasteiger partial charge in [0.15, 0.2) is 10.9 Å². The van der Waals surface area contributed by atoms with Crippen molar-refractivity contribution in [3.63, 3.8) is 0 Å². The predicted octanol–water partition coefficient (Wildman–Crippen LogP) is 3.39. The third-order valence-electron chi connectivity index (χ3n) is 4.72. The summed E-state index contributed by atoms with van der Waals surface area (Å²) in [5.74, 6) is -0.363. The van der Waals surface area contributed by atoms with Crippen LogP contribution in [0, 0.1) is 5.82 Å². The van der Waals surface area contributed by atoms with Gasteiger partial charge in [0.05, 0.1) is 11.8 Å². The molecule has 2 aliphatic heterocycles. The Labute approximate surface area is 145 Å². The largest absolute Gasteiger partial charge is 0.366 e. The molecule has 24 heavy (non-hydrogen) atoms. The van der Waals surface area contributed by atoms with Gasteiger partial charge >= 0.3 is 0 Å². The molecule has 0 unspecified atom stereocenters. The van der Waals surface area contributed by atoms with Crippen LogP contribution >= 0.6 is 11.8 Å². The van der Waals surface area contributed by atoms with E-state index in [1.54, 1.807) is 30.0 Å². The van der Waals surface area contributed by atoms with Crippen LogP contribution in [0.2, 0.25) is 0 Å². The van der Waals surface area contributed by atoms with Crippen LogP contribution < -0.4 is 0 Å². The molecule has 2 aromatic rings. The zero-order valence-electron chi connectivity index (χ0n) is 13.2. The van der Waals surface area contributed by atoms with Gasteiger partial charge in [-0.1, -0.05) is 60.3 Å². The number of aliphatic hydroxyl groups is 1. The van der Waals surface area contributed by atoms with E-state index in [1.165, 1.54) is 11.6 Å². The molecular weight excluding hydrogens is 323 g/mol. The van der Waals surface area contributed by atoms with Gasteiger partial charge in [0.2, 0.25) is 0 Å². The molecule has 1 saturated heterocycles. The smallest absolute Gasteiger partial charge is 0.181 e. The van der Waals surface area contributed by atoms with Crippen molar-refractivity contribution in [1.29, 1.82) is 0 Å². The van der Waals surface area contributed by atoms with E-state index in [1.807, 2.05) is 23.1 Å². The molecule has 1 fully saturated rings. The summed E-state index contributed by atoms with van der Waals surface area (Å²) in [5.41, 5.74) is 0.241. The number of nitrogens with zero attached hydrogens (tertiary/aromatic N) is 2. The van der Waals surface area contributed by atoms with Gasteiger partial charge in [-0.05, 0) is 24.5 Å². The van der Waals surface area contributed by atoms with Gasteiger partial charge in [-0.2, -0.15) is 0 Å². The molecular formula is C19H19FN2OS. The number of benzene rings is 2. The number of fused-ring (bicyclic) bond motifs is 1. The molecule has 3 nitrogen and oxygen atoms in total. The van der Waals surface area contributed by atoms with Crippen molar-refractivity contribution in [3.8, 4) is 0 Å². The average molecular weight is 342 g/mol. The fourth-order valence-electron chi connectivity index (χ4n) is 3.51. The maximum atomic E-state index is 14.4. The lowest BCUT2D eigenvalue weighted by Crippen LogP contribution is -2.48. The van der Waals surface area contributed by atoms with Crippen molar-refractivity contribution in [3.05, 3.63) is 71.5 Å². The molecule has 2 aliphatic rings. The minimum absolute atomic E-state index is 0.145. The summed E-state index contributed by atoms with van der Waals surface area (Å²) in [6.45, 7) is 1.29. The molecule has 0 aromatic heterocycles. The van der Waals surface area contributed by atoms with E-state index < -0.39 is 5.72 Å². The Bertz CT molecular complexity index is 767. The Balaban J connectivity index is 1.66. The lowest BCUT2D eigenvalue weighted by atomic mass is 9.93. The van der Waals surface area contributed by atoms with E-state index in [2.05, 4.69) is 17.1 Å². The van der Waals surface area contributed by atoms with Crippen LogP contribution in [0.3, 0.4) is 0 Å². The maximum absolute atomic E-state index is 14.4. The highest BCUT2D eigenvalue weighted by molar-refractivity contribution is 8.14. The molecule has 124 valence electrons. The second-order valence-corrected chi connectivity index (χ2v) is 7.32. The summed E-state index contributed by atoms with van der Waals surface area (Å²) >= 11 is 1.57. The van der Waals surface area contributed by atoms with E-state index in [9.17, 15) is 9.50 Å². The first kappa shape index (κ1) is 15.7. The number of rotatable bonds is 4. The van der Waals surface area contributed by atoms with Gasteiger partial charge in [0.1, 0.15) is 5.82 Å². The Hall–Kier alpha value is -1.85. The van der Waals surface area contributed by atoms with Crippen LogP contribution in [0.25, 0.3) is 0 Å². The molecule has 1 N–H and O–H groups in total. The highest BCUT2D eigenvalue weighted by atomic mass is 32.2. The summed E-state index contributed by atoms with van der Waals surface area (Å²) in [7, 11) is 0. The number of thioether (sulfide) groups is 1. The molecule has 5 heteroatoms. The van der Waals surface area contributed by atoms with Gasteiger partial charge in [-0.15, -0.1) is 0 Å². The van der Waals surface area contributed by atoms with Crippen molar-refractivity contribution < 1.29 is 9.50 Å². The quantitative estimate of drug-likeness (QED) is 0.925. The lowest BCUT2D eigenvalue weighted by molar-refractivity contribution is -0.0697. The Kier molecular flexibility index (Phi) is 4.06. The molecule has 2 aromatic carbocycles. The van der Waals surface area contributed by atoms with E-state index in [0.717, 1.165) is 18.0 Å². The van der Waals surface area contributed by atoms with Crippen LogP contribution in [0.5, 0.6) is 0 Å². The van der Waals surface area contributed by atoms with Crippen LogP contribution in [0.15, 0.2) is 59.6 Å². The van der Waals surface area contributed by atoms with E-state index in [0.29, 0.717) is 18.7 Å². The Morgan fingerprint density at radius 1 is 1.17 bits per heavy atom. The number of aryl methyl sites for hydroxylation is 1. The lowest BCUT2D eigenvalue weighted by Gasteiger charge is -2.36. The summed E-state index contributed by atoms with van der Waals surface area (Å²) in [4.78, 5) is 6.34. The molecule has 0 saturated carbocycles. The first-order chi connectivity index (χ1) is 11.7. The van der Waals surface area contributed by atoms with Crippen molar-refractivity contribution in [2.45, 2.75) is 23.8 Å². The summed E-state index contributed by atoms with van der Waals surface area (Å²) in [6.07, 6.45) is 1.60. The highest BCUT2D eigenvalue weighted by Gasteiger charge is 2.54. The third kappa shape index (κ3) is 2.52. The molecule has 0 amide bonds. The number of hydrogen-bond acceptors (Lipinski definition) is 4. The monoisotopic (exact) mass is 342 g/mol. The van der Waals surface area contributed by atoms with E-state index in [4.69, 9.17) is 0 Å². The van der Waals surface area contributed by atoms with Gasteiger partial charge in [-0.3, -0.25) is 4.99 Å². The van der Waals surface area contributed by atoms with Crippen LogP contribution in [-0.4, -0.2) is 33.5 Å². The van der Waals surface area contributed by atoms with Crippen molar-refractivity contribution in [2.75, 3.05) is 13.1 Å². The molecule has 4 rings (SSSR count). The third-order valence-corrected chi connectivity index (χ3v) is 6.13. The fourth-order valence-corrected chi connectivity index (χ4v) is 4.94. The second-order valence-electron chi connectivity index (χ2n) is 6.15.